The number of rotatable bonds is 18. The topological polar surface area (TPSA) is 189 Å². The second-order valence-electron chi connectivity index (χ2n) is 14.5. The van der Waals surface area contributed by atoms with Gasteiger partial charge in [0.25, 0.3) is 20.2 Å². The summed E-state index contributed by atoms with van der Waals surface area (Å²) in [5.41, 5.74) is 0.196. The summed E-state index contributed by atoms with van der Waals surface area (Å²) in [6.45, 7) is 9.58. The highest BCUT2D eigenvalue weighted by atomic mass is 32.2. The van der Waals surface area contributed by atoms with Crippen LogP contribution in [0.3, 0.4) is 0 Å². The summed E-state index contributed by atoms with van der Waals surface area (Å²) in [4.78, 5) is 42.7. The summed E-state index contributed by atoms with van der Waals surface area (Å²) in [7, 11) is -8.85. The van der Waals surface area contributed by atoms with E-state index in [2.05, 4.69) is 18.7 Å². The molecular formula is C39H49N2O11S2+. The van der Waals surface area contributed by atoms with Gasteiger partial charge in [0.05, 0.1) is 21.4 Å². The van der Waals surface area contributed by atoms with E-state index in [4.69, 9.17) is 9.15 Å². The Kier molecular flexibility index (Phi) is 12.7. The molecule has 0 aliphatic carbocycles. The lowest BCUT2D eigenvalue weighted by Gasteiger charge is -2.26. The van der Waals surface area contributed by atoms with Crippen LogP contribution in [0, 0.1) is 5.92 Å². The predicted octanol–water partition coefficient (Wildman–Crippen LogP) is 6.64. The van der Waals surface area contributed by atoms with Crippen LogP contribution in [0.4, 0.5) is 11.4 Å². The third-order valence-electron chi connectivity index (χ3n) is 10.1. The zero-order valence-electron chi connectivity index (χ0n) is 31.2. The van der Waals surface area contributed by atoms with E-state index in [1.807, 2.05) is 6.07 Å². The van der Waals surface area contributed by atoms with Gasteiger partial charge in [0.15, 0.2) is 17.2 Å². The Morgan fingerprint density at radius 1 is 0.870 bits per heavy atom. The molecule has 0 spiro atoms. The fourth-order valence-corrected chi connectivity index (χ4v) is 8.25. The number of carbonyl (C=O) groups excluding carboxylic acids is 2. The first kappa shape index (κ1) is 41.0. The Hall–Kier alpha value is -4.18. The third kappa shape index (κ3) is 9.02. The number of unbranched alkanes of at least 4 members (excludes halogenated alkanes) is 6. The summed E-state index contributed by atoms with van der Waals surface area (Å²) < 4.78 is 79.0. The van der Waals surface area contributed by atoms with Crippen LogP contribution in [-0.2, 0) is 30.4 Å². The van der Waals surface area contributed by atoms with Crippen LogP contribution in [0.15, 0.2) is 62.7 Å². The van der Waals surface area contributed by atoms with E-state index in [0.29, 0.717) is 22.3 Å². The number of nitrogens with zero attached hydrogens (tertiary/aromatic N) is 2. The van der Waals surface area contributed by atoms with Crippen molar-refractivity contribution in [2.75, 3.05) is 30.3 Å². The molecule has 2 aromatic carbocycles. The van der Waals surface area contributed by atoms with Crippen LogP contribution in [0.1, 0.15) is 101 Å². The Labute approximate surface area is 316 Å². The Balaban J connectivity index is 1.48. The van der Waals surface area contributed by atoms with Crippen LogP contribution in [0.2, 0.25) is 0 Å². The number of hydrogen-bond donors (Lipinski definition) is 2. The van der Waals surface area contributed by atoms with Crippen LogP contribution in [-0.4, -0.2) is 73.4 Å². The van der Waals surface area contributed by atoms with Gasteiger partial charge in [0.2, 0.25) is 5.69 Å². The van der Waals surface area contributed by atoms with Gasteiger partial charge in [-0.2, -0.15) is 21.4 Å². The molecule has 2 aliphatic rings. The van der Waals surface area contributed by atoms with Crippen LogP contribution in [0.25, 0.3) is 11.0 Å². The third-order valence-corrected chi connectivity index (χ3v) is 11.8. The molecule has 0 bridgehead atoms. The van der Waals surface area contributed by atoms with Crippen molar-refractivity contribution in [1.82, 2.24) is 0 Å². The van der Waals surface area contributed by atoms with Crippen molar-refractivity contribution in [2.24, 2.45) is 5.92 Å². The van der Waals surface area contributed by atoms with Crippen molar-refractivity contribution in [2.45, 2.75) is 95.8 Å². The molecule has 3 aromatic rings. The smallest absolute Gasteiger partial charge is 0.351 e. The van der Waals surface area contributed by atoms with Gasteiger partial charge in [-0.1, -0.05) is 58.4 Å². The highest BCUT2D eigenvalue weighted by molar-refractivity contribution is 7.86. The number of esters is 1. The number of benzene rings is 2. The van der Waals surface area contributed by atoms with Gasteiger partial charge in [-0.25, -0.2) is 4.79 Å². The van der Waals surface area contributed by atoms with E-state index >= 15 is 0 Å². The van der Waals surface area contributed by atoms with Gasteiger partial charge in [-0.3, -0.25) is 18.7 Å². The standard InChI is InChI=1S/C39H48N2O11S2/c1-5-7-9-11-20-40(21-12-10-8-6-2)26-14-16-28-32(24-26)51-38(44)34-35(42)29(37(43)52-36(28)34)17-19-33-39(3,4)30-25-27(54(48,49)50)15-18-31(30)41(33)22-13-23-53(45,46)47/h14-19,24-25,29H,5-13,20-23H2,1-4H3,(H-,45,46,47,48,49,50)/p+1/b19-17+. The van der Waals surface area contributed by atoms with Crippen molar-refractivity contribution in [3.05, 3.63) is 70.1 Å². The molecule has 13 nitrogen and oxygen atoms in total. The zero-order valence-corrected chi connectivity index (χ0v) is 32.8. The molecule has 15 heteroatoms. The van der Waals surface area contributed by atoms with Crippen LogP contribution >= 0.6 is 0 Å². The number of Topliss-reactive ketones (excluding diaryl/α,β-unsaturated/α-hetero) is 1. The molecule has 0 fully saturated rings. The van der Waals surface area contributed by atoms with E-state index in [-0.39, 0.29) is 34.8 Å². The normalized spacial score (nSPS) is 17.0. The highest BCUT2D eigenvalue weighted by Gasteiger charge is 2.46. The molecular weight excluding hydrogens is 737 g/mol. The van der Waals surface area contributed by atoms with E-state index < -0.39 is 54.7 Å². The molecule has 1 atom stereocenters. The van der Waals surface area contributed by atoms with Gasteiger partial charge < -0.3 is 14.1 Å². The minimum Gasteiger partial charge on any atom is -0.424 e. The van der Waals surface area contributed by atoms with Crippen molar-refractivity contribution in [1.29, 1.82) is 0 Å². The van der Waals surface area contributed by atoms with Crippen molar-refractivity contribution in [3.63, 3.8) is 0 Å². The molecule has 54 heavy (non-hydrogen) atoms. The second kappa shape index (κ2) is 16.7. The summed E-state index contributed by atoms with van der Waals surface area (Å²) in [6.07, 6.45) is 11.6. The maximum absolute atomic E-state index is 13.9. The highest BCUT2D eigenvalue weighted by Crippen LogP contribution is 2.42. The number of hydrogen-bond acceptors (Lipinski definition) is 10. The van der Waals surface area contributed by atoms with Gasteiger partial charge >= 0.3 is 11.6 Å². The minimum atomic E-state index is -4.56. The largest absolute Gasteiger partial charge is 0.424 e. The van der Waals surface area contributed by atoms with Crippen LogP contribution in [0.5, 0.6) is 5.75 Å². The van der Waals surface area contributed by atoms with E-state index in [1.54, 1.807) is 30.6 Å². The summed E-state index contributed by atoms with van der Waals surface area (Å²) in [5, 5.41) is 0.316. The average molecular weight is 786 g/mol. The lowest BCUT2D eigenvalue weighted by atomic mass is 9.81. The summed E-state index contributed by atoms with van der Waals surface area (Å²) in [5.74, 6) is -3.96. The zero-order chi connectivity index (χ0) is 39.4. The lowest BCUT2D eigenvalue weighted by Crippen LogP contribution is -2.36. The second-order valence-corrected chi connectivity index (χ2v) is 17.5. The van der Waals surface area contributed by atoms with Gasteiger partial charge in [-0.15, -0.1) is 0 Å². The molecule has 5 rings (SSSR count). The first-order valence-electron chi connectivity index (χ1n) is 18.5. The number of fused-ring (bicyclic) bond motifs is 4. The molecule has 3 heterocycles. The first-order valence-corrected chi connectivity index (χ1v) is 21.5. The Morgan fingerprint density at radius 2 is 1.54 bits per heavy atom. The van der Waals surface area contributed by atoms with E-state index in [1.165, 1.54) is 30.4 Å². The quantitative estimate of drug-likeness (QED) is 0.0350. The summed E-state index contributed by atoms with van der Waals surface area (Å²) >= 11 is 0. The number of anilines is 1. The van der Waals surface area contributed by atoms with Gasteiger partial charge in [-0.05, 0) is 51.0 Å². The molecule has 0 radical (unpaired) electrons. The Bertz CT molecular complexity index is 2260. The number of allylic oxidation sites excluding steroid dienone is 1. The average Bonchev–Trinajstić information content (AvgIpc) is 3.30. The minimum absolute atomic E-state index is 0.0190. The molecule has 0 saturated carbocycles. The molecule has 2 N–H and O–H groups in total. The molecule has 1 unspecified atom stereocenters. The SMILES string of the molecule is CCCCCCN(CCCCCC)c1ccc2c3c(c(=O)oc2c1)C(=O)C(/C=C/C1=[N+](CCCS(=O)(=O)O)c2ccc(S(=O)(=O)O)cc2C1(C)C)C(=O)O3. The molecule has 292 valence electrons. The molecule has 2 aliphatic heterocycles. The first-order chi connectivity index (χ1) is 25.5. The molecule has 1 aromatic heterocycles. The number of ether oxygens (including phenoxy) is 1. The summed E-state index contributed by atoms with van der Waals surface area (Å²) in [6, 6.07) is 9.31. The molecule has 0 amide bonds. The van der Waals surface area contributed by atoms with Crippen LogP contribution < -0.4 is 15.3 Å². The number of carbonyl (C=O) groups is 2. The van der Waals surface area contributed by atoms with E-state index in [9.17, 15) is 40.3 Å². The number of ketones is 1. The van der Waals surface area contributed by atoms with Gasteiger partial charge in [0.1, 0.15) is 23.6 Å². The Morgan fingerprint density at radius 3 is 2.15 bits per heavy atom. The fraction of sp³-hybridized carbons (Fsp3) is 0.487. The van der Waals surface area contributed by atoms with Crippen molar-refractivity contribution >= 4 is 60.0 Å². The lowest BCUT2D eigenvalue weighted by molar-refractivity contribution is -0.437. The predicted molar refractivity (Wildman–Crippen MR) is 206 cm³/mol. The maximum atomic E-state index is 13.9. The molecule has 0 saturated heterocycles. The van der Waals surface area contributed by atoms with E-state index in [0.717, 1.165) is 70.1 Å². The van der Waals surface area contributed by atoms with Crippen molar-refractivity contribution in [3.8, 4) is 5.75 Å². The van der Waals surface area contributed by atoms with Crippen molar-refractivity contribution < 1.29 is 49.3 Å². The monoisotopic (exact) mass is 785 g/mol. The maximum Gasteiger partial charge on any atom is 0.351 e. The van der Waals surface area contributed by atoms with Gasteiger partial charge in [0, 0.05) is 49.0 Å². The fourth-order valence-electron chi connectivity index (χ4n) is 7.25.